The second kappa shape index (κ2) is 8.33. The maximum atomic E-state index is 5.79. The molecule has 0 aliphatic carbocycles. The highest BCUT2D eigenvalue weighted by molar-refractivity contribution is 9.15. The number of hydrogen-bond acceptors (Lipinski definition) is 4. The van der Waals surface area contributed by atoms with Crippen LogP contribution in [0.2, 0.25) is 0 Å². The van der Waals surface area contributed by atoms with Crippen molar-refractivity contribution in [1.29, 1.82) is 0 Å². The minimum absolute atomic E-state index is 0.440. The van der Waals surface area contributed by atoms with Gasteiger partial charge in [0.2, 0.25) is 0 Å². The quantitative estimate of drug-likeness (QED) is 0.358. The lowest BCUT2D eigenvalue weighted by Gasteiger charge is -2.19. The summed E-state index contributed by atoms with van der Waals surface area (Å²) in [6.07, 6.45) is 0. The van der Waals surface area contributed by atoms with Gasteiger partial charge in [-0.2, -0.15) is 0 Å². The lowest BCUT2D eigenvalue weighted by molar-refractivity contribution is 0.0220. The first-order valence-corrected chi connectivity index (χ1v) is 9.07. The molecule has 0 saturated heterocycles. The van der Waals surface area contributed by atoms with Gasteiger partial charge in [0.15, 0.2) is 11.5 Å². The van der Waals surface area contributed by atoms with Crippen LogP contribution >= 0.6 is 63.7 Å². The molecule has 0 saturated carbocycles. The van der Waals surface area contributed by atoms with Gasteiger partial charge in [-0.05, 0) is 63.7 Å². The number of benzene rings is 1. The Balaban J connectivity index is 2.33. The lowest BCUT2D eigenvalue weighted by atomic mass is 10.3. The van der Waals surface area contributed by atoms with Crippen molar-refractivity contribution >= 4 is 63.7 Å². The molecule has 0 amide bonds. The van der Waals surface area contributed by atoms with Gasteiger partial charge in [-0.1, -0.05) is 0 Å². The average molecular weight is 540 g/mol. The van der Waals surface area contributed by atoms with Crippen LogP contribution in [0, 0.1) is 0 Å². The van der Waals surface area contributed by atoms with Crippen molar-refractivity contribution in [3.63, 3.8) is 0 Å². The van der Waals surface area contributed by atoms with Gasteiger partial charge in [0.25, 0.3) is 0 Å². The first kappa shape index (κ1) is 17.0. The summed E-state index contributed by atoms with van der Waals surface area (Å²) in [4.78, 5) is 0. The van der Waals surface area contributed by atoms with Gasteiger partial charge in [-0.15, -0.1) is 0 Å². The highest BCUT2D eigenvalue weighted by atomic mass is 79.9. The summed E-state index contributed by atoms with van der Waals surface area (Å²) in [5.41, 5.74) is 0. The summed E-state index contributed by atoms with van der Waals surface area (Å²) in [5, 5.41) is 0. The van der Waals surface area contributed by atoms with Gasteiger partial charge < -0.3 is 18.9 Å². The Morgan fingerprint density at radius 3 is 1.25 bits per heavy atom. The van der Waals surface area contributed by atoms with E-state index in [0.717, 1.165) is 17.9 Å². The molecule has 0 radical (unpaired) electrons. The van der Waals surface area contributed by atoms with Crippen LogP contribution < -0.4 is 9.47 Å². The van der Waals surface area contributed by atoms with Crippen LogP contribution in [0.3, 0.4) is 0 Å². The summed E-state index contributed by atoms with van der Waals surface area (Å²) < 4.78 is 25.7. The fourth-order valence-electron chi connectivity index (χ4n) is 1.58. The third kappa shape index (κ3) is 4.10. The van der Waals surface area contributed by atoms with E-state index in [4.69, 9.17) is 18.9 Å². The normalized spacial score (nSPS) is 17.2. The third-order valence-corrected chi connectivity index (χ3v) is 7.20. The average Bonchev–Trinajstić information content (AvgIpc) is 2.43. The van der Waals surface area contributed by atoms with Gasteiger partial charge >= 0.3 is 0 Å². The van der Waals surface area contributed by atoms with E-state index in [-0.39, 0.29) is 0 Å². The lowest BCUT2D eigenvalue weighted by Crippen LogP contribution is -2.16. The van der Waals surface area contributed by atoms with Crippen LogP contribution in [0.5, 0.6) is 11.5 Å². The van der Waals surface area contributed by atoms with Crippen molar-refractivity contribution in [2.24, 2.45) is 0 Å². The van der Waals surface area contributed by atoms with E-state index in [1.54, 1.807) is 0 Å². The van der Waals surface area contributed by atoms with Crippen molar-refractivity contribution in [2.45, 2.75) is 0 Å². The van der Waals surface area contributed by atoms with Gasteiger partial charge in [-0.25, -0.2) is 0 Å². The number of rotatable bonds is 0. The van der Waals surface area contributed by atoms with E-state index >= 15 is 0 Å². The summed E-state index contributed by atoms with van der Waals surface area (Å²) in [6.45, 7) is 3.00. The molecule has 1 aromatic carbocycles. The maximum Gasteiger partial charge on any atom is 0.177 e. The SMILES string of the molecule is Brc1c(Br)c(Br)c2c(c1Br)OCCOCCOCCO2. The molecule has 1 aliphatic heterocycles. The largest absolute Gasteiger partial charge is 0.486 e. The predicted octanol–water partition coefficient (Wildman–Crippen LogP) is 4.54. The molecule has 8 heteroatoms. The van der Waals surface area contributed by atoms with Crippen LogP contribution in [0.4, 0.5) is 0 Å². The molecule has 20 heavy (non-hydrogen) atoms. The highest BCUT2D eigenvalue weighted by Crippen LogP contribution is 2.50. The van der Waals surface area contributed by atoms with E-state index in [1.807, 2.05) is 0 Å². The van der Waals surface area contributed by atoms with Crippen molar-refractivity contribution in [1.82, 2.24) is 0 Å². The molecular formula is C12H12Br4O4. The zero-order valence-corrected chi connectivity index (χ0v) is 16.7. The van der Waals surface area contributed by atoms with Crippen molar-refractivity contribution in [3.05, 3.63) is 17.9 Å². The minimum Gasteiger partial charge on any atom is -0.486 e. The zero-order chi connectivity index (χ0) is 14.5. The zero-order valence-electron chi connectivity index (χ0n) is 10.4. The molecule has 0 unspecified atom stereocenters. The van der Waals surface area contributed by atoms with Crippen LogP contribution in [-0.2, 0) is 9.47 Å². The molecule has 1 aliphatic rings. The van der Waals surface area contributed by atoms with E-state index < -0.39 is 0 Å². The van der Waals surface area contributed by atoms with Crippen LogP contribution in [-0.4, -0.2) is 39.6 Å². The van der Waals surface area contributed by atoms with E-state index in [0.29, 0.717) is 51.1 Å². The Bertz CT molecular complexity index is 438. The van der Waals surface area contributed by atoms with E-state index in [1.165, 1.54) is 0 Å². The van der Waals surface area contributed by atoms with E-state index in [9.17, 15) is 0 Å². The fourth-order valence-corrected chi connectivity index (χ4v) is 3.85. The molecule has 2 rings (SSSR count). The number of fused-ring (bicyclic) bond motifs is 1. The summed E-state index contributed by atoms with van der Waals surface area (Å²) in [6, 6.07) is 0. The summed E-state index contributed by atoms with van der Waals surface area (Å²) in [5.74, 6) is 1.27. The number of ether oxygens (including phenoxy) is 4. The molecule has 0 atom stereocenters. The molecule has 0 N–H and O–H groups in total. The second-order valence-electron chi connectivity index (χ2n) is 3.84. The standard InChI is InChI=1S/C12H12Br4O4/c13-7-8(14)10(16)12-11(9(7)15)19-5-3-17-1-2-18-4-6-20-12/h1-6H2. The van der Waals surface area contributed by atoms with Crippen LogP contribution in [0.25, 0.3) is 0 Å². The van der Waals surface area contributed by atoms with Gasteiger partial charge in [0, 0.05) is 0 Å². The second-order valence-corrected chi connectivity index (χ2v) is 7.01. The molecule has 4 nitrogen and oxygen atoms in total. The predicted molar refractivity (Wildman–Crippen MR) is 89.9 cm³/mol. The summed E-state index contributed by atoms with van der Waals surface area (Å²) >= 11 is 14.0. The summed E-state index contributed by atoms with van der Waals surface area (Å²) in [7, 11) is 0. The molecule has 0 spiro atoms. The first-order chi connectivity index (χ1) is 9.63. The fraction of sp³-hybridized carbons (Fsp3) is 0.500. The van der Waals surface area contributed by atoms with Crippen LogP contribution in [0.1, 0.15) is 0 Å². The maximum absolute atomic E-state index is 5.79. The molecular weight excluding hydrogens is 528 g/mol. The molecule has 0 fully saturated rings. The third-order valence-electron chi connectivity index (χ3n) is 2.50. The Hall–Kier alpha value is 0.660. The molecule has 1 aromatic rings. The van der Waals surface area contributed by atoms with Gasteiger partial charge in [0.05, 0.1) is 44.3 Å². The Morgan fingerprint density at radius 2 is 0.850 bits per heavy atom. The van der Waals surface area contributed by atoms with Gasteiger partial charge in [-0.3, -0.25) is 0 Å². The number of halogens is 4. The Morgan fingerprint density at radius 1 is 0.500 bits per heavy atom. The molecule has 112 valence electrons. The van der Waals surface area contributed by atoms with Crippen molar-refractivity contribution in [3.8, 4) is 11.5 Å². The van der Waals surface area contributed by atoms with Crippen molar-refractivity contribution < 1.29 is 18.9 Å². The Labute approximate surface area is 151 Å². The minimum atomic E-state index is 0.440. The van der Waals surface area contributed by atoms with Gasteiger partial charge in [0.1, 0.15) is 13.2 Å². The van der Waals surface area contributed by atoms with E-state index in [2.05, 4.69) is 63.7 Å². The molecule has 1 heterocycles. The monoisotopic (exact) mass is 536 g/mol. The first-order valence-electron chi connectivity index (χ1n) is 5.90. The number of hydrogen-bond donors (Lipinski definition) is 0. The smallest absolute Gasteiger partial charge is 0.177 e. The highest BCUT2D eigenvalue weighted by Gasteiger charge is 2.22. The topological polar surface area (TPSA) is 36.9 Å². The molecule has 0 aromatic heterocycles. The Kier molecular flexibility index (Phi) is 7.09. The van der Waals surface area contributed by atoms with Crippen molar-refractivity contribution in [2.75, 3.05) is 39.6 Å². The van der Waals surface area contributed by atoms with Crippen LogP contribution in [0.15, 0.2) is 17.9 Å². The molecule has 0 bridgehead atoms.